The molecule has 1 heterocycles. The van der Waals surface area contributed by atoms with Gasteiger partial charge in [-0.25, -0.2) is 13.8 Å². The number of nitrogens with zero attached hydrogens (tertiary/aromatic N) is 1. The van der Waals surface area contributed by atoms with Crippen molar-refractivity contribution < 1.29 is 8.78 Å². The highest BCUT2D eigenvalue weighted by Crippen LogP contribution is 2.23. The summed E-state index contributed by atoms with van der Waals surface area (Å²) in [4.78, 5) is 3.76. The van der Waals surface area contributed by atoms with Crippen LogP contribution in [-0.2, 0) is 0 Å². The fourth-order valence-electron chi connectivity index (χ4n) is 1.31. The van der Waals surface area contributed by atoms with Crippen molar-refractivity contribution in [2.45, 2.75) is 0 Å². The minimum Gasteiger partial charge on any atom is -0.384 e. The molecular formula is C11H8F2N2. The Hall–Kier alpha value is -1.97. The van der Waals surface area contributed by atoms with Crippen LogP contribution >= 0.6 is 0 Å². The van der Waals surface area contributed by atoms with Gasteiger partial charge in [0, 0.05) is 17.8 Å². The second kappa shape index (κ2) is 3.65. The average molecular weight is 206 g/mol. The molecule has 2 nitrogen and oxygen atoms in total. The molecule has 0 fully saturated rings. The third-order valence-corrected chi connectivity index (χ3v) is 2.01. The van der Waals surface area contributed by atoms with Crippen LogP contribution < -0.4 is 5.73 Å². The van der Waals surface area contributed by atoms with Crippen LogP contribution in [0.3, 0.4) is 0 Å². The highest BCUT2D eigenvalue weighted by molar-refractivity contribution is 5.64. The summed E-state index contributed by atoms with van der Waals surface area (Å²) in [6.07, 6.45) is 1.29. The molecule has 2 rings (SSSR count). The van der Waals surface area contributed by atoms with Crippen molar-refractivity contribution in [2.24, 2.45) is 0 Å². The Morgan fingerprint density at radius 1 is 1.13 bits per heavy atom. The van der Waals surface area contributed by atoms with Gasteiger partial charge in [-0.3, -0.25) is 0 Å². The van der Waals surface area contributed by atoms with E-state index in [1.807, 2.05) is 0 Å². The van der Waals surface area contributed by atoms with Crippen molar-refractivity contribution in [3.8, 4) is 11.1 Å². The molecule has 15 heavy (non-hydrogen) atoms. The van der Waals surface area contributed by atoms with Gasteiger partial charge in [-0.05, 0) is 17.7 Å². The van der Waals surface area contributed by atoms with Crippen LogP contribution in [0.15, 0.2) is 36.5 Å². The normalized spacial score (nSPS) is 10.3. The zero-order chi connectivity index (χ0) is 10.8. The summed E-state index contributed by atoms with van der Waals surface area (Å²) in [5.41, 5.74) is 5.99. The fourth-order valence-corrected chi connectivity index (χ4v) is 1.31. The van der Waals surface area contributed by atoms with Gasteiger partial charge in [0.25, 0.3) is 0 Å². The first-order valence-electron chi connectivity index (χ1n) is 4.34. The van der Waals surface area contributed by atoms with E-state index < -0.39 is 11.6 Å². The second-order valence-electron chi connectivity index (χ2n) is 3.10. The van der Waals surface area contributed by atoms with E-state index in [0.717, 1.165) is 6.07 Å². The van der Waals surface area contributed by atoms with Crippen molar-refractivity contribution in [3.63, 3.8) is 0 Å². The Kier molecular flexibility index (Phi) is 2.33. The summed E-state index contributed by atoms with van der Waals surface area (Å²) >= 11 is 0. The summed E-state index contributed by atoms with van der Waals surface area (Å²) < 4.78 is 26.3. The fraction of sp³-hybridized carbons (Fsp3) is 0. The number of pyridine rings is 1. The van der Waals surface area contributed by atoms with Gasteiger partial charge in [-0.15, -0.1) is 0 Å². The maximum atomic E-state index is 13.4. The number of hydrogen-bond acceptors (Lipinski definition) is 2. The second-order valence-corrected chi connectivity index (χ2v) is 3.10. The van der Waals surface area contributed by atoms with Crippen molar-refractivity contribution in [2.75, 3.05) is 5.73 Å². The van der Waals surface area contributed by atoms with Gasteiger partial charge in [-0.2, -0.15) is 0 Å². The van der Waals surface area contributed by atoms with Gasteiger partial charge < -0.3 is 5.73 Å². The van der Waals surface area contributed by atoms with E-state index in [4.69, 9.17) is 5.73 Å². The number of hydrogen-bond donors (Lipinski definition) is 1. The zero-order valence-corrected chi connectivity index (χ0v) is 7.74. The Bertz CT molecular complexity index is 498. The minimum atomic E-state index is -0.506. The summed E-state index contributed by atoms with van der Waals surface area (Å²) in [7, 11) is 0. The molecule has 0 bridgehead atoms. The summed E-state index contributed by atoms with van der Waals surface area (Å²) in [5, 5.41) is 0. The topological polar surface area (TPSA) is 38.9 Å². The first kappa shape index (κ1) is 9.58. The Labute approximate surface area is 85.4 Å². The van der Waals surface area contributed by atoms with Crippen LogP contribution in [0.2, 0.25) is 0 Å². The minimum absolute atomic E-state index is 0.104. The predicted molar refractivity (Wildman–Crippen MR) is 54.0 cm³/mol. The molecule has 76 valence electrons. The molecule has 0 atom stereocenters. The number of aromatic nitrogens is 1. The maximum absolute atomic E-state index is 13.4. The van der Waals surface area contributed by atoms with Crippen molar-refractivity contribution in [1.82, 2.24) is 4.98 Å². The summed E-state index contributed by atoms with van der Waals surface area (Å²) in [6, 6.07) is 6.78. The Balaban J connectivity index is 2.54. The Morgan fingerprint density at radius 3 is 2.60 bits per heavy atom. The van der Waals surface area contributed by atoms with Gasteiger partial charge in [0.1, 0.15) is 17.5 Å². The van der Waals surface area contributed by atoms with Crippen LogP contribution in [0.25, 0.3) is 11.1 Å². The van der Waals surface area contributed by atoms with Gasteiger partial charge in [-0.1, -0.05) is 12.1 Å². The van der Waals surface area contributed by atoms with E-state index in [0.29, 0.717) is 5.56 Å². The largest absolute Gasteiger partial charge is 0.384 e. The molecule has 0 amide bonds. The molecule has 2 aromatic rings. The molecule has 0 unspecified atom stereocenters. The lowest BCUT2D eigenvalue weighted by Crippen LogP contribution is -1.93. The molecule has 0 saturated carbocycles. The Morgan fingerprint density at radius 2 is 1.93 bits per heavy atom. The van der Waals surface area contributed by atoms with Crippen LogP contribution in [-0.4, -0.2) is 4.98 Å². The smallest absolute Gasteiger partial charge is 0.136 e. The van der Waals surface area contributed by atoms with E-state index in [1.54, 1.807) is 6.07 Å². The zero-order valence-electron chi connectivity index (χ0n) is 7.74. The molecule has 0 spiro atoms. The monoisotopic (exact) mass is 206 g/mol. The molecule has 0 aliphatic heterocycles. The number of anilines is 1. The molecule has 1 aromatic heterocycles. The molecular weight excluding hydrogens is 198 g/mol. The maximum Gasteiger partial charge on any atom is 0.136 e. The first-order valence-corrected chi connectivity index (χ1v) is 4.34. The lowest BCUT2D eigenvalue weighted by molar-refractivity contribution is 0.624. The highest BCUT2D eigenvalue weighted by atomic mass is 19.1. The standard InChI is InChI=1S/C11H8F2N2/c12-8-3-1-2-7(4-8)9-6-15-11(14)5-10(9)13/h1-6H,(H2,14,15). The lowest BCUT2D eigenvalue weighted by atomic mass is 10.1. The molecule has 4 heteroatoms. The van der Waals surface area contributed by atoms with E-state index in [1.165, 1.54) is 24.4 Å². The number of rotatable bonds is 1. The summed E-state index contributed by atoms with van der Waals surface area (Å²) in [5.74, 6) is -0.815. The van der Waals surface area contributed by atoms with E-state index in [9.17, 15) is 8.78 Å². The lowest BCUT2D eigenvalue weighted by Gasteiger charge is -2.03. The SMILES string of the molecule is Nc1cc(F)c(-c2cccc(F)c2)cn1. The number of benzene rings is 1. The van der Waals surface area contributed by atoms with Crippen LogP contribution in [0.1, 0.15) is 0 Å². The van der Waals surface area contributed by atoms with Crippen molar-refractivity contribution >= 4 is 5.82 Å². The molecule has 1 aromatic carbocycles. The van der Waals surface area contributed by atoms with Gasteiger partial charge in [0.2, 0.25) is 0 Å². The number of halogens is 2. The third-order valence-electron chi connectivity index (χ3n) is 2.01. The van der Waals surface area contributed by atoms with E-state index in [2.05, 4.69) is 4.98 Å². The quantitative estimate of drug-likeness (QED) is 0.778. The molecule has 0 aliphatic carbocycles. The van der Waals surface area contributed by atoms with Crippen molar-refractivity contribution in [1.29, 1.82) is 0 Å². The van der Waals surface area contributed by atoms with Crippen LogP contribution in [0.4, 0.5) is 14.6 Å². The highest BCUT2D eigenvalue weighted by Gasteiger charge is 2.06. The van der Waals surface area contributed by atoms with Crippen molar-refractivity contribution in [3.05, 3.63) is 48.2 Å². The number of nitrogen functional groups attached to an aromatic ring is 1. The van der Waals surface area contributed by atoms with Gasteiger partial charge in [0.05, 0.1) is 0 Å². The van der Waals surface area contributed by atoms with Crippen LogP contribution in [0.5, 0.6) is 0 Å². The average Bonchev–Trinajstić information content (AvgIpc) is 2.17. The number of nitrogens with two attached hydrogens (primary N) is 1. The summed E-state index contributed by atoms with van der Waals surface area (Å²) in [6.45, 7) is 0. The van der Waals surface area contributed by atoms with E-state index >= 15 is 0 Å². The predicted octanol–water partition coefficient (Wildman–Crippen LogP) is 2.61. The molecule has 0 saturated heterocycles. The molecule has 0 radical (unpaired) electrons. The van der Waals surface area contributed by atoms with E-state index in [-0.39, 0.29) is 11.4 Å². The van der Waals surface area contributed by atoms with Gasteiger partial charge in [0.15, 0.2) is 0 Å². The first-order chi connectivity index (χ1) is 7.16. The third kappa shape index (κ3) is 1.93. The van der Waals surface area contributed by atoms with Crippen LogP contribution in [0, 0.1) is 11.6 Å². The molecule has 2 N–H and O–H groups in total. The molecule has 0 aliphatic rings. The van der Waals surface area contributed by atoms with Gasteiger partial charge >= 0.3 is 0 Å².